The molecule has 3 aromatic rings. The fourth-order valence-electron chi connectivity index (χ4n) is 2.20. The van der Waals surface area contributed by atoms with Gasteiger partial charge >= 0.3 is 0 Å². The van der Waals surface area contributed by atoms with Crippen molar-refractivity contribution in [2.45, 2.75) is 19.0 Å². The summed E-state index contributed by atoms with van der Waals surface area (Å²) >= 11 is 13.2. The Morgan fingerprint density at radius 2 is 2.04 bits per heavy atom. The van der Waals surface area contributed by atoms with Crippen molar-refractivity contribution >= 4 is 52.3 Å². The lowest BCUT2D eigenvalue weighted by Gasteiger charge is -2.07. The Balaban J connectivity index is 1.70. The summed E-state index contributed by atoms with van der Waals surface area (Å²) in [7, 11) is 0. The zero-order chi connectivity index (χ0) is 17.3. The van der Waals surface area contributed by atoms with Crippen LogP contribution in [0, 0.1) is 13.8 Å². The number of thioether (sulfide) groups is 1. The average Bonchev–Trinajstić information content (AvgIpc) is 2.91. The van der Waals surface area contributed by atoms with Gasteiger partial charge in [0, 0.05) is 16.4 Å². The van der Waals surface area contributed by atoms with E-state index < -0.39 is 0 Å². The van der Waals surface area contributed by atoms with Crippen LogP contribution in [-0.4, -0.2) is 31.2 Å². The SMILES string of the molecule is Cc1cc(C)n2c(SCC(=O)Nc3ccc(Cl)cc3Cl)nnc2n1. The van der Waals surface area contributed by atoms with Crippen LogP contribution in [0.2, 0.25) is 10.0 Å². The molecule has 6 nitrogen and oxygen atoms in total. The first kappa shape index (κ1) is 17.0. The van der Waals surface area contributed by atoms with Gasteiger partial charge in [0.25, 0.3) is 5.78 Å². The zero-order valence-electron chi connectivity index (χ0n) is 12.9. The molecule has 2 heterocycles. The highest BCUT2D eigenvalue weighted by Crippen LogP contribution is 2.26. The Labute approximate surface area is 152 Å². The van der Waals surface area contributed by atoms with Crippen molar-refractivity contribution in [2.75, 3.05) is 11.1 Å². The number of hydrogen-bond donors (Lipinski definition) is 1. The number of benzene rings is 1. The molecule has 1 N–H and O–H groups in total. The second-order valence-electron chi connectivity index (χ2n) is 5.12. The molecule has 0 fully saturated rings. The zero-order valence-corrected chi connectivity index (χ0v) is 15.2. The predicted molar refractivity (Wildman–Crippen MR) is 96.1 cm³/mol. The molecule has 3 rings (SSSR count). The summed E-state index contributed by atoms with van der Waals surface area (Å²) in [5, 5.41) is 12.4. The Morgan fingerprint density at radius 3 is 2.79 bits per heavy atom. The number of fused-ring (bicyclic) bond motifs is 1. The summed E-state index contributed by atoms with van der Waals surface area (Å²) in [5.41, 5.74) is 2.36. The van der Waals surface area contributed by atoms with E-state index >= 15 is 0 Å². The normalized spacial score (nSPS) is 11.0. The molecule has 24 heavy (non-hydrogen) atoms. The van der Waals surface area contributed by atoms with Gasteiger partial charge in [0.05, 0.1) is 16.5 Å². The molecular weight excluding hydrogens is 369 g/mol. The molecule has 0 aliphatic carbocycles. The summed E-state index contributed by atoms with van der Waals surface area (Å²) in [6, 6.07) is 6.85. The fourth-order valence-corrected chi connectivity index (χ4v) is 3.44. The van der Waals surface area contributed by atoms with Crippen LogP contribution in [0.25, 0.3) is 5.78 Å². The molecule has 0 aliphatic heterocycles. The van der Waals surface area contributed by atoms with Gasteiger partial charge in [-0.15, -0.1) is 10.2 Å². The van der Waals surface area contributed by atoms with Crippen LogP contribution < -0.4 is 5.32 Å². The minimum atomic E-state index is -0.196. The minimum absolute atomic E-state index is 0.174. The summed E-state index contributed by atoms with van der Waals surface area (Å²) in [6.07, 6.45) is 0. The van der Waals surface area contributed by atoms with Crippen LogP contribution in [0.5, 0.6) is 0 Å². The van der Waals surface area contributed by atoms with E-state index in [0.29, 0.717) is 26.7 Å². The molecule has 0 aliphatic rings. The highest BCUT2D eigenvalue weighted by molar-refractivity contribution is 7.99. The van der Waals surface area contributed by atoms with Crippen molar-refractivity contribution < 1.29 is 4.79 Å². The number of rotatable bonds is 4. The van der Waals surface area contributed by atoms with E-state index in [-0.39, 0.29) is 11.7 Å². The summed E-state index contributed by atoms with van der Waals surface area (Å²) < 4.78 is 1.82. The Bertz CT molecular complexity index is 928. The number of carbonyl (C=O) groups excluding carboxylic acids is 1. The van der Waals surface area contributed by atoms with E-state index in [1.54, 1.807) is 18.2 Å². The van der Waals surface area contributed by atoms with Crippen LogP contribution in [0.4, 0.5) is 5.69 Å². The van der Waals surface area contributed by atoms with Crippen LogP contribution in [0.15, 0.2) is 29.4 Å². The monoisotopic (exact) mass is 381 g/mol. The molecule has 0 saturated carbocycles. The Morgan fingerprint density at radius 1 is 1.25 bits per heavy atom. The van der Waals surface area contributed by atoms with Crippen LogP contribution in [-0.2, 0) is 4.79 Å². The first-order valence-electron chi connectivity index (χ1n) is 7.01. The van der Waals surface area contributed by atoms with Gasteiger partial charge in [0.1, 0.15) is 0 Å². The topological polar surface area (TPSA) is 72.2 Å². The molecule has 0 radical (unpaired) electrons. The van der Waals surface area contributed by atoms with E-state index in [0.717, 1.165) is 11.4 Å². The van der Waals surface area contributed by atoms with E-state index in [9.17, 15) is 4.79 Å². The van der Waals surface area contributed by atoms with Gasteiger partial charge in [-0.05, 0) is 38.1 Å². The third-order valence-electron chi connectivity index (χ3n) is 3.20. The van der Waals surface area contributed by atoms with Crippen molar-refractivity contribution in [3.8, 4) is 0 Å². The van der Waals surface area contributed by atoms with Crippen molar-refractivity contribution in [1.82, 2.24) is 19.6 Å². The lowest BCUT2D eigenvalue weighted by atomic mass is 10.3. The third-order valence-corrected chi connectivity index (χ3v) is 4.68. The van der Waals surface area contributed by atoms with Gasteiger partial charge in [0.15, 0.2) is 5.16 Å². The quantitative estimate of drug-likeness (QED) is 0.696. The molecule has 0 spiro atoms. The van der Waals surface area contributed by atoms with Crippen LogP contribution >= 0.6 is 35.0 Å². The van der Waals surface area contributed by atoms with Gasteiger partial charge in [-0.3, -0.25) is 9.20 Å². The average molecular weight is 382 g/mol. The third kappa shape index (κ3) is 3.63. The van der Waals surface area contributed by atoms with E-state index in [4.69, 9.17) is 23.2 Å². The van der Waals surface area contributed by atoms with Gasteiger partial charge < -0.3 is 5.32 Å². The first-order chi connectivity index (χ1) is 11.4. The molecule has 9 heteroatoms. The molecule has 2 aromatic heterocycles. The smallest absolute Gasteiger partial charge is 0.256 e. The van der Waals surface area contributed by atoms with Crippen molar-refractivity contribution in [3.63, 3.8) is 0 Å². The van der Waals surface area contributed by atoms with Gasteiger partial charge in [-0.2, -0.15) is 0 Å². The van der Waals surface area contributed by atoms with Gasteiger partial charge in [-0.1, -0.05) is 35.0 Å². The highest BCUT2D eigenvalue weighted by atomic mass is 35.5. The van der Waals surface area contributed by atoms with Crippen LogP contribution in [0.3, 0.4) is 0 Å². The number of nitrogens with one attached hydrogen (secondary N) is 1. The number of nitrogens with zero attached hydrogens (tertiary/aromatic N) is 4. The lowest BCUT2D eigenvalue weighted by molar-refractivity contribution is -0.113. The lowest BCUT2D eigenvalue weighted by Crippen LogP contribution is -2.14. The van der Waals surface area contributed by atoms with Crippen LogP contribution in [0.1, 0.15) is 11.4 Å². The second-order valence-corrected chi connectivity index (χ2v) is 6.90. The molecule has 124 valence electrons. The number of halogens is 2. The van der Waals surface area contributed by atoms with Crippen molar-refractivity contribution in [1.29, 1.82) is 0 Å². The highest BCUT2D eigenvalue weighted by Gasteiger charge is 2.13. The molecule has 1 aromatic carbocycles. The fraction of sp³-hybridized carbons (Fsp3) is 0.200. The summed E-state index contributed by atoms with van der Waals surface area (Å²) in [5.74, 6) is 0.502. The first-order valence-corrected chi connectivity index (χ1v) is 8.75. The number of hydrogen-bond acceptors (Lipinski definition) is 5. The molecule has 0 bridgehead atoms. The summed E-state index contributed by atoms with van der Waals surface area (Å²) in [4.78, 5) is 16.4. The largest absolute Gasteiger partial charge is 0.324 e. The number of anilines is 1. The molecule has 1 amide bonds. The number of amides is 1. The number of carbonyl (C=O) groups is 1. The van der Waals surface area contributed by atoms with E-state index in [1.165, 1.54) is 11.8 Å². The Hall–Kier alpha value is -1.83. The van der Waals surface area contributed by atoms with Gasteiger partial charge in [-0.25, -0.2) is 4.98 Å². The Kier molecular flexibility index (Phi) is 4.93. The maximum absolute atomic E-state index is 12.1. The van der Waals surface area contributed by atoms with E-state index in [1.807, 2.05) is 24.3 Å². The van der Waals surface area contributed by atoms with Crippen molar-refractivity contribution in [2.24, 2.45) is 0 Å². The maximum atomic E-state index is 12.1. The molecule has 0 atom stereocenters. The number of aromatic nitrogens is 4. The molecule has 0 saturated heterocycles. The summed E-state index contributed by atoms with van der Waals surface area (Å²) in [6.45, 7) is 3.85. The van der Waals surface area contributed by atoms with Gasteiger partial charge in [0.2, 0.25) is 5.91 Å². The predicted octanol–water partition coefficient (Wildman–Crippen LogP) is 3.78. The molecule has 0 unspecified atom stereocenters. The standard InChI is InChI=1S/C15H13Cl2N5OS/c1-8-5-9(2)22-14(18-8)20-21-15(22)24-7-13(23)19-12-4-3-10(16)6-11(12)17/h3-6H,7H2,1-2H3,(H,19,23). The van der Waals surface area contributed by atoms with Crippen molar-refractivity contribution in [3.05, 3.63) is 45.7 Å². The molecular formula is C15H13Cl2N5OS. The number of aryl methyl sites for hydroxylation is 2. The maximum Gasteiger partial charge on any atom is 0.256 e. The minimum Gasteiger partial charge on any atom is -0.324 e. The van der Waals surface area contributed by atoms with E-state index in [2.05, 4.69) is 20.5 Å². The second kappa shape index (κ2) is 6.96.